The molecule has 2 heterocycles. The summed E-state index contributed by atoms with van der Waals surface area (Å²) in [6.45, 7) is 0. The van der Waals surface area contributed by atoms with Crippen LogP contribution in [0.3, 0.4) is 0 Å². The lowest BCUT2D eigenvalue weighted by Gasteiger charge is -2.31. The van der Waals surface area contributed by atoms with Gasteiger partial charge in [0.05, 0.1) is 5.22 Å². The Bertz CT molecular complexity index is 1020. The molecule has 0 amide bonds. The van der Waals surface area contributed by atoms with Crippen molar-refractivity contribution in [3.05, 3.63) is 61.9 Å². The molecule has 0 aliphatic carbocycles. The van der Waals surface area contributed by atoms with E-state index < -0.39 is 23.6 Å². The van der Waals surface area contributed by atoms with Crippen molar-refractivity contribution in [3.63, 3.8) is 0 Å². The minimum atomic E-state index is -4.68. The number of benzene rings is 1. The maximum atomic E-state index is 13.5. The van der Waals surface area contributed by atoms with Crippen LogP contribution in [-0.2, 0) is 14.1 Å². The van der Waals surface area contributed by atoms with Gasteiger partial charge in [0, 0.05) is 26.0 Å². The minimum Gasteiger partial charge on any atom is -0.317 e. The van der Waals surface area contributed by atoms with Crippen molar-refractivity contribution in [2.24, 2.45) is 19.1 Å². The van der Waals surface area contributed by atoms with Gasteiger partial charge in [-0.1, -0.05) is 18.2 Å². The van der Waals surface area contributed by atoms with Gasteiger partial charge in [-0.3, -0.25) is 13.9 Å². The van der Waals surface area contributed by atoms with Crippen LogP contribution >= 0.6 is 0 Å². The van der Waals surface area contributed by atoms with Crippen molar-refractivity contribution in [3.8, 4) is 0 Å². The molecule has 9 heteroatoms. The molecule has 0 bridgehead atoms. The molecular weight excluding hydrogens is 325 g/mol. The Morgan fingerprint density at radius 1 is 1.04 bits per heavy atom. The minimum absolute atomic E-state index is 0.0658. The van der Waals surface area contributed by atoms with Crippen LogP contribution < -0.4 is 26.9 Å². The Morgan fingerprint density at radius 2 is 1.67 bits per heavy atom. The SMILES string of the molecule is Cn1c(=O)c2c(n(C)c1=O)=NC(C(F)(F)F)N(c1ccccc1)C=2. The highest BCUT2D eigenvalue weighted by Gasteiger charge is 2.45. The average molecular weight is 338 g/mol. The first-order valence-corrected chi connectivity index (χ1v) is 6.97. The van der Waals surface area contributed by atoms with E-state index in [2.05, 4.69) is 4.99 Å². The van der Waals surface area contributed by atoms with Crippen LogP contribution in [0.1, 0.15) is 0 Å². The second-order valence-corrected chi connectivity index (χ2v) is 5.36. The average Bonchev–Trinajstić information content (AvgIpc) is 2.57. The smallest absolute Gasteiger partial charge is 0.317 e. The Balaban J connectivity index is 2.40. The third-order valence-electron chi connectivity index (χ3n) is 3.79. The van der Waals surface area contributed by atoms with Crippen molar-refractivity contribution in [1.82, 2.24) is 9.13 Å². The predicted octanol–water partition coefficient (Wildman–Crippen LogP) is -0.150. The van der Waals surface area contributed by atoms with E-state index in [-0.39, 0.29) is 16.4 Å². The zero-order valence-electron chi connectivity index (χ0n) is 12.8. The Hall–Kier alpha value is -2.84. The molecule has 0 saturated carbocycles. The van der Waals surface area contributed by atoms with Gasteiger partial charge in [-0.2, -0.15) is 13.2 Å². The highest BCUT2D eigenvalue weighted by atomic mass is 19.4. The summed E-state index contributed by atoms with van der Waals surface area (Å²) in [4.78, 5) is 28.7. The second-order valence-electron chi connectivity index (χ2n) is 5.36. The summed E-state index contributed by atoms with van der Waals surface area (Å²) < 4.78 is 42.1. The summed E-state index contributed by atoms with van der Waals surface area (Å²) in [7, 11) is 2.55. The Labute approximate surface area is 133 Å². The molecule has 0 saturated heterocycles. The van der Waals surface area contributed by atoms with Crippen molar-refractivity contribution >= 4 is 11.9 Å². The molecule has 0 N–H and O–H groups in total. The van der Waals surface area contributed by atoms with Crippen molar-refractivity contribution in [2.45, 2.75) is 12.3 Å². The first kappa shape index (κ1) is 16.0. The molecule has 1 atom stereocenters. The van der Waals surface area contributed by atoms with E-state index in [4.69, 9.17) is 0 Å². The first-order valence-electron chi connectivity index (χ1n) is 6.97. The van der Waals surface area contributed by atoms with Gasteiger partial charge in [0.15, 0.2) is 0 Å². The molecule has 1 aliphatic heterocycles. The predicted molar refractivity (Wildman–Crippen MR) is 80.9 cm³/mol. The van der Waals surface area contributed by atoms with Gasteiger partial charge in [0.25, 0.3) is 5.56 Å². The van der Waals surface area contributed by atoms with Gasteiger partial charge in [-0.05, 0) is 12.1 Å². The van der Waals surface area contributed by atoms with Gasteiger partial charge in [0.2, 0.25) is 6.17 Å². The number of anilines is 1. The lowest BCUT2D eigenvalue weighted by atomic mass is 10.2. The molecule has 0 radical (unpaired) electrons. The van der Waals surface area contributed by atoms with Crippen molar-refractivity contribution in [2.75, 3.05) is 4.90 Å². The zero-order valence-corrected chi connectivity index (χ0v) is 12.8. The number of hydrogen-bond donors (Lipinski definition) is 0. The number of nitrogens with zero attached hydrogens (tertiary/aromatic N) is 4. The Kier molecular flexibility index (Phi) is 3.58. The molecule has 6 nitrogen and oxygen atoms in total. The highest BCUT2D eigenvalue weighted by molar-refractivity contribution is 5.60. The first-order chi connectivity index (χ1) is 11.2. The molecule has 3 rings (SSSR count). The number of fused-ring (bicyclic) bond motifs is 1. The fourth-order valence-electron chi connectivity index (χ4n) is 2.56. The zero-order chi connectivity index (χ0) is 17.6. The van der Waals surface area contributed by atoms with Gasteiger partial charge in [0.1, 0.15) is 5.49 Å². The number of aromatic nitrogens is 2. The summed E-state index contributed by atoms with van der Waals surface area (Å²) in [6, 6.07) is 7.82. The van der Waals surface area contributed by atoms with Gasteiger partial charge in [-0.15, -0.1) is 0 Å². The number of rotatable bonds is 1. The normalized spacial score (nSPS) is 17.0. The monoisotopic (exact) mass is 338 g/mol. The molecule has 1 aromatic heterocycles. The highest BCUT2D eigenvalue weighted by Crippen LogP contribution is 2.30. The van der Waals surface area contributed by atoms with Crippen LogP contribution in [0.4, 0.5) is 18.9 Å². The van der Waals surface area contributed by atoms with Crippen molar-refractivity contribution < 1.29 is 13.2 Å². The lowest BCUT2D eigenvalue weighted by Crippen LogP contribution is -2.62. The molecule has 2 aromatic rings. The fourth-order valence-corrected chi connectivity index (χ4v) is 2.56. The fraction of sp³-hybridized carbons (Fsp3) is 0.267. The molecule has 126 valence electrons. The largest absolute Gasteiger partial charge is 0.429 e. The van der Waals surface area contributed by atoms with Crippen LogP contribution in [0.25, 0.3) is 6.20 Å². The van der Waals surface area contributed by atoms with Gasteiger partial charge in [-0.25, -0.2) is 9.79 Å². The van der Waals surface area contributed by atoms with E-state index in [0.717, 1.165) is 20.2 Å². The molecule has 0 fully saturated rings. The third-order valence-corrected chi connectivity index (χ3v) is 3.79. The van der Waals surface area contributed by atoms with Crippen molar-refractivity contribution in [1.29, 1.82) is 0 Å². The van der Waals surface area contributed by atoms with Crippen LogP contribution in [-0.4, -0.2) is 21.5 Å². The molecule has 0 spiro atoms. The number of para-hydroxylation sites is 1. The maximum Gasteiger partial charge on any atom is 0.429 e. The number of alkyl halides is 3. The van der Waals surface area contributed by atoms with Crippen LogP contribution in [0.5, 0.6) is 0 Å². The molecule has 24 heavy (non-hydrogen) atoms. The van der Waals surface area contributed by atoms with Gasteiger partial charge < -0.3 is 4.90 Å². The van der Waals surface area contributed by atoms with E-state index in [1.807, 2.05) is 0 Å². The second kappa shape index (κ2) is 5.36. The van der Waals surface area contributed by atoms with E-state index in [1.165, 1.54) is 26.2 Å². The summed E-state index contributed by atoms with van der Waals surface area (Å²) in [5.74, 6) is 0. The molecule has 1 unspecified atom stereocenters. The topological polar surface area (TPSA) is 59.6 Å². The standard InChI is InChI=1S/C15H13F3N4O2/c1-20-11-10(12(23)21(2)14(20)24)8-22(9-6-4-3-5-7-9)13(19-11)15(16,17)18/h3-8,13H,1-2H3. The summed E-state index contributed by atoms with van der Waals surface area (Å²) in [6.07, 6.45) is -5.80. The maximum absolute atomic E-state index is 13.5. The van der Waals surface area contributed by atoms with E-state index >= 15 is 0 Å². The number of halogens is 3. The molecule has 1 aliphatic rings. The third kappa shape index (κ3) is 2.41. The van der Waals surface area contributed by atoms with Crippen LogP contribution in [0.15, 0.2) is 44.9 Å². The van der Waals surface area contributed by atoms with Gasteiger partial charge >= 0.3 is 11.9 Å². The Morgan fingerprint density at radius 3 is 2.25 bits per heavy atom. The lowest BCUT2D eigenvalue weighted by molar-refractivity contribution is -0.145. The quantitative estimate of drug-likeness (QED) is 0.727. The van der Waals surface area contributed by atoms with Crippen LogP contribution in [0.2, 0.25) is 0 Å². The summed E-state index contributed by atoms with van der Waals surface area (Å²) in [5.41, 5.74) is -1.47. The molecule has 1 aromatic carbocycles. The summed E-state index contributed by atoms with van der Waals surface area (Å²) in [5, 5.41) is -0.0658. The number of hydrogen-bond acceptors (Lipinski definition) is 4. The van der Waals surface area contributed by atoms with E-state index in [0.29, 0.717) is 0 Å². The van der Waals surface area contributed by atoms with E-state index in [1.54, 1.807) is 18.2 Å². The molecular formula is C15H13F3N4O2. The van der Waals surface area contributed by atoms with E-state index in [9.17, 15) is 22.8 Å². The van der Waals surface area contributed by atoms with Crippen LogP contribution in [0, 0.1) is 0 Å². The summed E-state index contributed by atoms with van der Waals surface area (Å²) >= 11 is 0.